The van der Waals surface area contributed by atoms with Crippen molar-refractivity contribution in [1.29, 1.82) is 0 Å². The van der Waals surface area contributed by atoms with Crippen LogP contribution in [0.4, 0.5) is 5.00 Å². The van der Waals surface area contributed by atoms with Gasteiger partial charge in [0.2, 0.25) is 0 Å². The maximum Gasteiger partial charge on any atom is 0.255 e. The predicted molar refractivity (Wildman–Crippen MR) is 44.5 cm³/mol. The number of hydrogen-bond donors (Lipinski definition) is 2. The van der Waals surface area contributed by atoms with Crippen LogP contribution in [-0.4, -0.2) is 16.8 Å². The van der Waals surface area contributed by atoms with Gasteiger partial charge in [-0.15, -0.1) is 0 Å². The van der Waals surface area contributed by atoms with Gasteiger partial charge >= 0.3 is 0 Å². The van der Waals surface area contributed by atoms with Crippen LogP contribution >= 0.6 is 11.5 Å². The molecule has 0 atom stereocenters. The highest BCUT2D eigenvalue weighted by molar-refractivity contribution is 7.10. The third kappa shape index (κ3) is 1.68. The number of aromatic nitrogens is 1. The second kappa shape index (κ2) is 3.34. The van der Waals surface area contributed by atoms with Crippen molar-refractivity contribution in [3.8, 4) is 0 Å². The summed E-state index contributed by atoms with van der Waals surface area (Å²) >= 11 is 1.13. The van der Waals surface area contributed by atoms with Gasteiger partial charge in [-0.25, -0.2) is 0 Å². The zero-order valence-corrected chi connectivity index (χ0v) is 6.94. The normalized spacial score (nSPS) is 9.55. The Kier molecular flexibility index (Phi) is 2.43. The Balaban J connectivity index is 2.76. The van der Waals surface area contributed by atoms with Crippen LogP contribution in [0, 0.1) is 0 Å². The van der Waals surface area contributed by atoms with E-state index in [1.165, 1.54) is 6.20 Å². The van der Waals surface area contributed by atoms with E-state index in [2.05, 4.69) is 9.69 Å². The topological polar surface area (TPSA) is 68.0 Å². The molecule has 0 unspecified atom stereocenters. The number of nitrogens with two attached hydrogens (primary N) is 1. The molecule has 0 spiro atoms. The van der Waals surface area contributed by atoms with Gasteiger partial charge in [0.25, 0.3) is 5.91 Å². The van der Waals surface area contributed by atoms with E-state index in [9.17, 15) is 4.79 Å². The van der Waals surface area contributed by atoms with E-state index in [0.29, 0.717) is 17.1 Å². The summed E-state index contributed by atoms with van der Waals surface area (Å²) in [7, 11) is 0. The van der Waals surface area contributed by atoms with Crippen molar-refractivity contribution in [3.05, 3.63) is 11.8 Å². The first-order valence-corrected chi connectivity index (χ1v) is 4.01. The van der Waals surface area contributed by atoms with E-state index in [0.717, 1.165) is 11.5 Å². The van der Waals surface area contributed by atoms with Gasteiger partial charge < -0.3 is 11.1 Å². The molecule has 60 valence electrons. The zero-order valence-electron chi connectivity index (χ0n) is 6.13. The quantitative estimate of drug-likeness (QED) is 0.679. The van der Waals surface area contributed by atoms with Crippen LogP contribution in [-0.2, 0) is 0 Å². The van der Waals surface area contributed by atoms with Crippen LogP contribution < -0.4 is 11.1 Å². The minimum atomic E-state index is -0.154. The number of anilines is 1. The van der Waals surface area contributed by atoms with E-state index < -0.39 is 0 Å². The number of rotatable bonds is 2. The number of amides is 1. The molecule has 0 fully saturated rings. The first-order chi connectivity index (χ1) is 5.25. The number of carbonyl (C=O) groups is 1. The highest BCUT2D eigenvalue weighted by atomic mass is 32.1. The SMILES string of the molecule is CCNC(=O)c1cnsc1N. The average Bonchev–Trinajstić information content (AvgIpc) is 2.36. The van der Waals surface area contributed by atoms with Crippen molar-refractivity contribution in [3.63, 3.8) is 0 Å². The summed E-state index contributed by atoms with van der Waals surface area (Å²) in [6, 6.07) is 0. The molecule has 1 heterocycles. The van der Waals surface area contributed by atoms with Crippen LogP contribution in [0.15, 0.2) is 6.20 Å². The van der Waals surface area contributed by atoms with Crippen molar-refractivity contribution in [2.24, 2.45) is 0 Å². The van der Waals surface area contributed by atoms with Gasteiger partial charge in [-0.2, -0.15) is 4.37 Å². The Morgan fingerprint density at radius 2 is 2.64 bits per heavy atom. The van der Waals surface area contributed by atoms with E-state index in [1.54, 1.807) is 0 Å². The lowest BCUT2D eigenvalue weighted by Crippen LogP contribution is -2.22. The number of carbonyl (C=O) groups excluding carboxylic acids is 1. The fraction of sp³-hybridized carbons (Fsp3) is 0.333. The summed E-state index contributed by atoms with van der Waals surface area (Å²) in [5.41, 5.74) is 5.94. The lowest BCUT2D eigenvalue weighted by molar-refractivity contribution is 0.0957. The molecule has 5 heteroatoms. The Bertz CT molecular complexity index is 258. The highest BCUT2D eigenvalue weighted by Gasteiger charge is 2.09. The maximum absolute atomic E-state index is 11.1. The van der Waals surface area contributed by atoms with E-state index in [4.69, 9.17) is 5.73 Å². The molecule has 3 N–H and O–H groups in total. The third-order valence-electron chi connectivity index (χ3n) is 1.18. The van der Waals surface area contributed by atoms with Crippen LogP contribution in [0.5, 0.6) is 0 Å². The van der Waals surface area contributed by atoms with Crippen molar-refractivity contribution in [1.82, 2.24) is 9.69 Å². The smallest absolute Gasteiger partial charge is 0.255 e. The zero-order chi connectivity index (χ0) is 8.27. The number of nitrogens with zero attached hydrogens (tertiary/aromatic N) is 1. The molecule has 1 rings (SSSR count). The molecule has 0 bridgehead atoms. The van der Waals surface area contributed by atoms with Gasteiger partial charge in [-0.3, -0.25) is 4.79 Å². The first kappa shape index (κ1) is 8.00. The lowest BCUT2D eigenvalue weighted by Gasteiger charge is -1.97. The van der Waals surface area contributed by atoms with Crippen molar-refractivity contribution in [2.45, 2.75) is 6.92 Å². The molecule has 0 saturated carbocycles. The monoisotopic (exact) mass is 171 g/mol. The third-order valence-corrected chi connectivity index (χ3v) is 1.81. The molecule has 0 aliphatic rings. The van der Waals surface area contributed by atoms with Crippen molar-refractivity contribution < 1.29 is 4.79 Å². The van der Waals surface area contributed by atoms with Gasteiger partial charge in [0.1, 0.15) is 5.00 Å². The molecule has 11 heavy (non-hydrogen) atoms. The highest BCUT2D eigenvalue weighted by Crippen LogP contribution is 2.14. The van der Waals surface area contributed by atoms with E-state index in [1.807, 2.05) is 6.92 Å². The lowest BCUT2D eigenvalue weighted by atomic mass is 10.3. The van der Waals surface area contributed by atoms with E-state index >= 15 is 0 Å². The minimum Gasteiger partial charge on any atom is -0.389 e. The van der Waals surface area contributed by atoms with Crippen molar-refractivity contribution in [2.75, 3.05) is 12.3 Å². The van der Waals surface area contributed by atoms with Gasteiger partial charge in [-0.05, 0) is 18.5 Å². The summed E-state index contributed by atoms with van der Waals surface area (Å²) in [5.74, 6) is -0.154. The molecule has 1 aromatic heterocycles. The molecule has 0 aliphatic carbocycles. The fourth-order valence-corrected chi connectivity index (χ4v) is 1.19. The largest absolute Gasteiger partial charge is 0.389 e. The Morgan fingerprint density at radius 3 is 3.09 bits per heavy atom. The molecule has 0 aliphatic heterocycles. The summed E-state index contributed by atoms with van der Waals surface area (Å²) in [6.07, 6.45) is 1.48. The summed E-state index contributed by atoms with van der Waals surface area (Å²) < 4.78 is 3.78. The fourth-order valence-electron chi connectivity index (χ4n) is 0.675. The molecule has 0 radical (unpaired) electrons. The van der Waals surface area contributed by atoms with E-state index in [-0.39, 0.29) is 5.91 Å². The Morgan fingerprint density at radius 1 is 1.91 bits per heavy atom. The molecular formula is C6H9N3OS. The van der Waals surface area contributed by atoms with Gasteiger partial charge in [-0.1, -0.05) is 0 Å². The predicted octanol–water partition coefficient (Wildman–Crippen LogP) is 0.475. The molecule has 1 amide bonds. The van der Waals surface area contributed by atoms with Gasteiger partial charge in [0.15, 0.2) is 0 Å². The molecule has 0 aromatic carbocycles. The first-order valence-electron chi connectivity index (χ1n) is 3.24. The number of nitrogens with one attached hydrogen (secondary N) is 1. The second-order valence-electron chi connectivity index (χ2n) is 1.96. The standard InChI is InChI=1S/C6H9N3OS/c1-2-8-6(10)4-3-9-11-5(4)7/h3H,2,7H2,1H3,(H,8,10). The summed E-state index contributed by atoms with van der Waals surface area (Å²) in [6.45, 7) is 2.46. The van der Waals surface area contributed by atoms with Crippen molar-refractivity contribution >= 4 is 22.4 Å². The molecule has 4 nitrogen and oxygen atoms in total. The van der Waals surface area contributed by atoms with Gasteiger partial charge in [0, 0.05) is 6.54 Å². The number of hydrogen-bond acceptors (Lipinski definition) is 4. The van der Waals surface area contributed by atoms with Gasteiger partial charge in [0.05, 0.1) is 11.8 Å². The van der Waals surface area contributed by atoms with Crippen LogP contribution in [0.1, 0.15) is 17.3 Å². The average molecular weight is 171 g/mol. The summed E-state index contributed by atoms with van der Waals surface area (Å²) in [5, 5.41) is 3.10. The van der Waals surface area contributed by atoms with Crippen LogP contribution in [0.3, 0.4) is 0 Å². The number of nitrogen functional groups attached to an aromatic ring is 1. The van der Waals surface area contributed by atoms with Crippen LogP contribution in [0.2, 0.25) is 0 Å². The minimum absolute atomic E-state index is 0.154. The Hall–Kier alpha value is -1.10. The Labute approximate surface area is 68.6 Å². The maximum atomic E-state index is 11.1. The summed E-state index contributed by atoms with van der Waals surface area (Å²) in [4.78, 5) is 11.1. The second-order valence-corrected chi connectivity index (χ2v) is 2.80. The molecule has 1 aromatic rings. The molecular weight excluding hydrogens is 162 g/mol. The molecule has 0 saturated heterocycles. The van der Waals surface area contributed by atoms with Crippen LogP contribution in [0.25, 0.3) is 0 Å².